The Balaban J connectivity index is 2.04. The normalized spacial score (nSPS) is 22.1. The van der Waals surface area contributed by atoms with E-state index in [0.717, 1.165) is 17.1 Å². The van der Waals surface area contributed by atoms with Crippen molar-refractivity contribution in [1.82, 2.24) is 14.8 Å². The fraction of sp³-hybridized carbons (Fsp3) is 0.643. The molecule has 1 N–H and O–H groups in total. The summed E-state index contributed by atoms with van der Waals surface area (Å²) >= 11 is 1.54. The standard InChI is InChI=1S/C14H21N3O3S/c1-9-4-5-17(12(6-9)13(18)19)14(20)16(3)7-11-8-21-10(2)15-11/h8-9,12H,4-7H2,1-3H3,(H,18,19). The van der Waals surface area contributed by atoms with Gasteiger partial charge in [0.1, 0.15) is 6.04 Å². The second kappa shape index (κ2) is 6.43. The van der Waals surface area contributed by atoms with Gasteiger partial charge in [-0.3, -0.25) is 0 Å². The van der Waals surface area contributed by atoms with Crippen LogP contribution in [0.15, 0.2) is 5.38 Å². The van der Waals surface area contributed by atoms with Gasteiger partial charge in [-0.2, -0.15) is 0 Å². The molecule has 0 aromatic carbocycles. The van der Waals surface area contributed by atoms with Crippen molar-refractivity contribution >= 4 is 23.3 Å². The van der Waals surface area contributed by atoms with E-state index < -0.39 is 12.0 Å². The molecule has 0 aliphatic carbocycles. The number of carboxylic acids is 1. The highest BCUT2D eigenvalue weighted by Crippen LogP contribution is 2.24. The molecule has 2 amide bonds. The van der Waals surface area contributed by atoms with Gasteiger partial charge in [-0.1, -0.05) is 6.92 Å². The van der Waals surface area contributed by atoms with Crippen LogP contribution >= 0.6 is 11.3 Å². The van der Waals surface area contributed by atoms with Gasteiger partial charge in [0, 0.05) is 19.0 Å². The topological polar surface area (TPSA) is 73.7 Å². The van der Waals surface area contributed by atoms with Crippen LogP contribution in [0.2, 0.25) is 0 Å². The molecule has 0 saturated carbocycles. The molecule has 0 radical (unpaired) electrons. The molecule has 2 unspecified atom stereocenters. The van der Waals surface area contributed by atoms with Crippen LogP contribution in [0.1, 0.15) is 30.5 Å². The van der Waals surface area contributed by atoms with E-state index in [0.29, 0.717) is 25.4 Å². The third-order valence-electron chi connectivity index (χ3n) is 3.79. The summed E-state index contributed by atoms with van der Waals surface area (Å²) in [6.07, 6.45) is 1.36. The highest BCUT2D eigenvalue weighted by Gasteiger charge is 2.36. The Hall–Kier alpha value is -1.63. The Morgan fingerprint density at radius 3 is 2.86 bits per heavy atom. The molecule has 7 heteroatoms. The summed E-state index contributed by atoms with van der Waals surface area (Å²) in [6.45, 7) is 4.85. The fourth-order valence-electron chi connectivity index (χ4n) is 2.62. The first-order valence-electron chi connectivity index (χ1n) is 7.04. The Morgan fingerprint density at radius 2 is 2.29 bits per heavy atom. The number of urea groups is 1. The molecular formula is C14H21N3O3S. The van der Waals surface area contributed by atoms with Crippen LogP contribution < -0.4 is 0 Å². The molecule has 2 rings (SSSR count). The minimum atomic E-state index is -0.923. The summed E-state index contributed by atoms with van der Waals surface area (Å²) in [5.41, 5.74) is 0.839. The van der Waals surface area contributed by atoms with Crippen LogP contribution in [0.4, 0.5) is 4.79 Å². The van der Waals surface area contributed by atoms with E-state index in [1.807, 2.05) is 19.2 Å². The number of carbonyl (C=O) groups excluding carboxylic acids is 1. The zero-order chi connectivity index (χ0) is 15.6. The molecule has 1 aromatic heterocycles. The largest absolute Gasteiger partial charge is 0.480 e. The number of aromatic nitrogens is 1. The van der Waals surface area contributed by atoms with Gasteiger partial charge in [-0.05, 0) is 25.7 Å². The Labute approximate surface area is 128 Å². The van der Waals surface area contributed by atoms with Crippen molar-refractivity contribution in [3.63, 3.8) is 0 Å². The van der Waals surface area contributed by atoms with E-state index in [1.54, 1.807) is 23.3 Å². The summed E-state index contributed by atoms with van der Waals surface area (Å²) in [4.78, 5) is 31.2. The first-order chi connectivity index (χ1) is 9.88. The monoisotopic (exact) mass is 311 g/mol. The summed E-state index contributed by atoms with van der Waals surface area (Å²) in [5, 5.41) is 12.2. The molecule has 1 aliphatic heterocycles. The Kier molecular flexibility index (Phi) is 4.82. The maximum absolute atomic E-state index is 12.5. The van der Waals surface area contributed by atoms with Crippen molar-refractivity contribution in [3.05, 3.63) is 16.1 Å². The number of hydrogen-bond acceptors (Lipinski definition) is 4. The lowest BCUT2D eigenvalue weighted by Crippen LogP contribution is -2.53. The van der Waals surface area contributed by atoms with Crippen molar-refractivity contribution in [1.29, 1.82) is 0 Å². The molecule has 1 aliphatic rings. The lowest BCUT2D eigenvalue weighted by atomic mass is 9.93. The van der Waals surface area contributed by atoms with E-state index in [4.69, 9.17) is 0 Å². The van der Waals surface area contributed by atoms with Crippen molar-refractivity contribution in [2.75, 3.05) is 13.6 Å². The van der Waals surface area contributed by atoms with Crippen LogP contribution in [-0.4, -0.2) is 51.5 Å². The number of aliphatic carboxylic acids is 1. The number of likely N-dealkylation sites (tertiary alicyclic amines) is 1. The predicted molar refractivity (Wildman–Crippen MR) is 80.2 cm³/mol. The number of rotatable bonds is 3. The summed E-state index contributed by atoms with van der Waals surface area (Å²) < 4.78 is 0. The van der Waals surface area contributed by atoms with Crippen LogP contribution in [-0.2, 0) is 11.3 Å². The maximum atomic E-state index is 12.5. The second-order valence-corrected chi connectivity index (χ2v) is 6.74. The lowest BCUT2D eigenvalue weighted by molar-refractivity contribution is -0.144. The number of aryl methyl sites for hydroxylation is 1. The highest BCUT2D eigenvalue weighted by atomic mass is 32.1. The van der Waals surface area contributed by atoms with E-state index >= 15 is 0 Å². The summed E-state index contributed by atoms with van der Waals surface area (Å²) in [6, 6.07) is -0.958. The minimum Gasteiger partial charge on any atom is -0.480 e. The summed E-state index contributed by atoms with van der Waals surface area (Å²) in [5.74, 6) is -0.588. The van der Waals surface area contributed by atoms with Gasteiger partial charge in [-0.15, -0.1) is 11.3 Å². The van der Waals surface area contributed by atoms with Crippen molar-refractivity contribution in [2.45, 2.75) is 39.3 Å². The van der Waals surface area contributed by atoms with Crippen molar-refractivity contribution in [2.24, 2.45) is 5.92 Å². The number of carboxylic acid groups (broad SMARTS) is 1. The van der Waals surface area contributed by atoms with Crippen LogP contribution in [0.5, 0.6) is 0 Å². The summed E-state index contributed by atoms with van der Waals surface area (Å²) in [7, 11) is 1.69. The van der Waals surface area contributed by atoms with Gasteiger partial charge in [0.2, 0.25) is 0 Å². The average Bonchev–Trinajstić information content (AvgIpc) is 2.83. The molecule has 0 spiro atoms. The number of nitrogens with zero attached hydrogens (tertiary/aromatic N) is 3. The quantitative estimate of drug-likeness (QED) is 0.928. The molecule has 2 atom stereocenters. The van der Waals surface area contributed by atoms with E-state index in [9.17, 15) is 14.7 Å². The van der Waals surface area contributed by atoms with Gasteiger partial charge in [0.25, 0.3) is 0 Å². The molecule has 0 bridgehead atoms. The van der Waals surface area contributed by atoms with Crippen molar-refractivity contribution in [3.8, 4) is 0 Å². The zero-order valence-electron chi connectivity index (χ0n) is 12.6. The SMILES string of the molecule is Cc1nc(CN(C)C(=O)N2CCC(C)CC2C(=O)O)cs1. The molecular weight excluding hydrogens is 290 g/mol. The molecule has 116 valence electrons. The Bertz CT molecular complexity index is 531. The fourth-order valence-corrected chi connectivity index (χ4v) is 3.22. The van der Waals surface area contributed by atoms with E-state index in [2.05, 4.69) is 4.98 Å². The molecule has 6 nitrogen and oxygen atoms in total. The minimum absolute atomic E-state index is 0.236. The first-order valence-corrected chi connectivity index (χ1v) is 7.92. The maximum Gasteiger partial charge on any atom is 0.326 e. The predicted octanol–water partition coefficient (Wildman–Crippen LogP) is 2.19. The number of piperidine rings is 1. The van der Waals surface area contributed by atoms with E-state index in [1.165, 1.54) is 4.90 Å². The zero-order valence-corrected chi connectivity index (χ0v) is 13.4. The van der Waals surface area contributed by atoms with Gasteiger partial charge in [-0.25, -0.2) is 14.6 Å². The smallest absolute Gasteiger partial charge is 0.326 e. The van der Waals surface area contributed by atoms with Gasteiger partial charge in [0.15, 0.2) is 0 Å². The number of thiazole rings is 1. The molecule has 1 fully saturated rings. The Morgan fingerprint density at radius 1 is 1.57 bits per heavy atom. The van der Waals surface area contributed by atoms with E-state index in [-0.39, 0.29) is 6.03 Å². The number of amides is 2. The number of carbonyl (C=O) groups is 2. The number of hydrogen-bond donors (Lipinski definition) is 1. The first kappa shape index (κ1) is 15.8. The third-order valence-corrected chi connectivity index (χ3v) is 4.61. The molecule has 1 saturated heterocycles. The molecule has 2 heterocycles. The second-order valence-electron chi connectivity index (χ2n) is 5.67. The third kappa shape index (κ3) is 3.72. The van der Waals surface area contributed by atoms with Gasteiger partial charge >= 0.3 is 12.0 Å². The van der Waals surface area contributed by atoms with Crippen molar-refractivity contribution < 1.29 is 14.7 Å². The average molecular weight is 311 g/mol. The molecule has 1 aromatic rings. The van der Waals surface area contributed by atoms with Gasteiger partial charge < -0.3 is 14.9 Å². The van der Waals surface area contributed by atoms with Crippen LogP contribution in [0, 0.1) is 12.8 Å². The van der Waals surface area contributed by atoms with Crippen LogP contribution in [0.25, 0.3) is 0 Å². The highest BCUT2D eigenvalue weighted by molar-refractivity contribution is 7.09. The lowest BCUT2D eigenvalue weighted by Gasteiger charge is -2.38. The van der Waals surface area contributed by atoms with Gasteiger partial charge in [0.05, 0.1) is 17.2 Å². The van der Waals surface area contributed by atoms with Crippen LogP contribution in [0.3, 0.4) is 0 Å². The molecule has 21 heavy (non-hydrogen) atoms.